The first kappa shape index (κ1) is 16.3. The number of nitrogens with two attached hydrogens (primary N) is 1. The lowest BCUT2D eigenvalue weighted by atomic mass is 10.0. The van der Waals surface area contributed by atoms with Crippen molar-refractivity contribution in [2.45, 2.75) is 38.8 Å². The fraction of sp³-hybridized carbons (Fsp3) is 0.533. The maximum atomic E-state index is 11.4. The molecule has 112 valence electrons. The molecule has 0 saturated carbocycles. The molecule has 2 unspecified atom stereocenters. The Labute approximate surface area is 120 Å². The first-order chi connectivity index (χ1) is 9.51. The Morgan fingerprint density at radius 3 is 2.60 bits per heavy atom. The number of esters is 1. The Kier molecular flexibility index (Phi) is 6.31. The van der Waals surface area contributed by atoms with Crippen molar-refractivity contribution >= 4 is 5.97 Å². The van der Waals surface area contributed by atoms with Gasteiger partial charge in [-0.15, -0.1) is 0 Å². The molecule has 0 aliphatic heterocycles. The van der Waals surface area contributed by atoms with Gasteiger partial charge in [-0.3, -0.25) is 0 Å². The number of ether oxygens (including phenoxy) is 3. The third-order valence-electron chi connectivity index (χ3n) is 3.11. The minimum atomic E-state index is -0.662. The van der Waals surface area contributed by atoms with Crippen LogP contribution in [0.1, 0.15) is 25.8 Å². The van der Waals surface area contributed by atoms with Crippen molar-refractivity contribution in [1.29, 1.82) is 0 Å². The fourth-order valence-corrected chi connectivity index (χ4v) is 1.79. The zero-order valence-corrected chi connectivity index (χ0v) is 12.5. The molecule has 0 amide bonds. The standard InChI is InChI=1S/C15H23NO4/c1-5-12(16)8-11-9-13(18-3)6-7-14(11)20-10(2)15(17)19-4/h6-7,9-10,12H,5,8,16H2,1-4H3. The summed E-state index contributed by atoms with van der Waals surface area (Å²) in [6.45, 7) is 3.68. The lowest BCUT2D eigenvalue weighted by Crippen LogP contribution is -2.26. The molecule has 1 aromatic carbocycles. The maximum absolute atomic E-state index is 11.4. The number of rotatable bonds is 7. The summed E-state index contributed by atoms with van der Waals surface area (Å²) in [6.07, 6.45) is 0.866. The van der Waals surface area contributed by atoms with Crippen molar-refractivity contribution in [1.82, 2.24) is 0 Å². The summed E-state index contributed by atoms with van der Waals surface area (Å²) in [5, 5.41) is 0. The number of carbonyl (C=O) groups excluding carboxylic acids is 1. The van der Waals surface area contributed by atoms with E-state index in [9.17, 15) is 4.79 Å². The molecule has 0 spiro atoms. The first-order valence-electron chi connectivity index (χ1n) is 6.68. The summed E-state index contributed by atoms with van der Waals surface area (Å²) in [5.41, 5.74) is 6.92. The van der Waals surface area contributed by atoms with E-state index in [0.29, 0.717) is 12.2 Å². The van der Waals surface area contributed by atoms with Crippen LogP contribution >= 0.6 is 0 Å². The SMILES string of the molecule is CCC(N)Cc1cc(OC)ccc1OC(C)C(=O)OC. The van der Waals surface area contributed by atoms with Gasteiger partial charge < -0.3 is 19.9 Å². The summed E-state index contributed by atoms with van der Waals surface area (Å²) < 4.78 is 15.5. The van der Waals surface area contributed by atoms with Gasteiger partial charge >= 0.3 is 5.97 Å². The number of hydrogen-bond acceptors (Lipinski definition) is 5. The Balaban J connectivity index is 2.95. The predicted octanol–water partition coefficient (Wildman–Crippen LogP) is 1.92. The van der Waals surface area contributed by atoms with E-state index in [0.717, 1.165) is 17.7 Å². The predicted molar refractivity (Wildman–Crippen MR) is 77.1 cm³/mol. The largest absolute Gasteiger partial charge is 0.497 e. The Bertz CT molecular complexity index is 447. The van der Waals surface area contributed by atoms with Gasteiger partial charge in [0.05, 0.1) is 14.2 Å². The molecule has 0 radical (unpaired) electrons. The van der Waals surface area contributed by atoms with Crippen LogP contribution in [0.3, 0.4) is 0 Å². The quantitative estimate of drug-likeness (QED) is 0.773. The lowest BCUT2D eigenvalue weighted by molar-refractivity contribution is -0.147. The van der Waals surface area contributed by atoms with Gasteiger partial charge in [-0.2, -0.15) is 0 Å². The molecule has 0 aliphatic carbocycles. The minimum Gasteiger partial charge on any atom is -0.497 e. The average Bonchev–Trinajstić information content (AvgIpc) is 2.47. The highest BCUT2D eigenvalue weighted by molar-refractivity contribution is 5.74. The molecule has 0 bridgehead atoms. The average molecular weight is 281 g/mol. The monoisotopic (exact) mass is 281 g/mol. The molecular formula is C15H23NO4. The molecule has 5 nitrogen and oxygen atoms in total. The Morgan fingerprint density at radius 1 is 1.35 bits per heavy atom. The third kappa shape index (κ3) is 4.42. The van der Waals surface area contributed by atoms with E-state index in [1.54, 1.807) is 26.2 Å². The molecule has 1 aromatic rings. The summed E-state index contributed by atoms with van der Waals surface area (Å²) in [6, 6.07) is 5.50. The highest BCUT2D eigenvalue weighted by Gasteiger charge is 2.17. The molecule has 0 aliphatic rings. The van der Waals surface area contributed by atoms with E-state index in [2.05, 4.69) is 4.74 Å². The molecule has 0 saturated heterocycles. The number of methoxy groups -OCH3 is 2. The van der Waals surface area contributed by atoms with Crippen molar-refractivity contribution in [3.05, 3.63) is 23.8 Å². The third-order valence-corrected chi connectivity index (χ3v) is 3.11. The summed E-state index contributed by atoms with van der Waals surface area (Å²) in [4.78, 5) is 11.4. The highest BCUT2D eigenvalue weighted by Crippen LogP contribution is 2.26. The zero-order chi connectivity index (χ0) is 15.1. The number of carbonyl (C=O) groups is 1. The molecule has 0 aromatic heterocycles. The lowest BCUT2D eigenvalue weighted by Gasteiger charge is -2.18. The molecule has 5 heteroatoms. The van der Waals surface area contributed by atoms with E-state index < -0.39 is 12.1 Å². The molecule has 0 heterocycles. The Hall–Kier alpha value is -1.75. The summed E-state index contributed by atoms with van der Waals surface area (Å²) in [5.74, 6) is 0.959. The zero-order valence-electron chi connectivity index (χ0n) is 12.5. The smallest absolute Gasteiger partial charge is 0.346 e. The summed E-state index contributed by atoms with van der Waals surface area (Å²) in [7, 11) is 2.95. The van der Waals surface area contributed by atoms with Gasteiger partial charge in [0.15, 0.2) is 6.10 Å². The molecule has 1 rings (SSSR count). The van der Waals surface area contributed by atoms with Crippen molar-refractivity contribution in [2.75, 3.05) is 14.2 Å². The van der Waals surface area contributed by atoms with E-state index in [-0.39, 0.29) is 6.04 Å². The van der Waals surface area contributed by atoms with E-state index >= 15 is 0 Å². The highest BCUT2D eigenvalue weighted by atomic mass is 16.6. The van der Waals surface area contributed by atoms with Crippen LogP contribution in [0.2, 0.25) is 0 Å². The van der Waals surface area contributed by atoms with Gasteiger partial charge in [-0.1, -0.05) is 6.92 Å². The van der Waals surface area contributed by atoms with Gasteiger partial charge in [-0.05, 0) is 43.5 Å². The normalized spacial score (nSPS) is 13.4. The molecular weight excluding hydrogens is 258 g/mol. The molecule has 20 heavy (non-hydrogen) atoms. The minimum absolute atomic E-state index is 0.0397. The van der Waals surface area contributed by atoms with E-state index in [1.165, 1.54) is 7.11 Å². The number of benzene rings is 1. The van der Waals surface area contributed by atoms with Gasteiger partial charge in [0.25, 0.3) is 0 Å². The van der Waals surface area contributed by atoms with Crippen LogP contribution in [0.4, 0.5) is 0 Å². The van der Waals surface area contributed by atoms with Gasteiger partial charge in [0.1, 0.15) is 11.5 Å². The number of hydrogen-bond donors (Lipinski definition) is 1. The second-order valence-electron chi connectivity index (χ2n) is 4.63. The molecule has 0 fully saturated rings. The van der Waals surface area contributed by atoms with E-state index in [1.807, 2.05) is 13.0 Å². The Morgan fingerprint density at radius 2 is 2.05 bits per heavy atom. The van der Waals surface area contributed by atoms with Crippen LogP contribution in [-0.4, -0.2) is 32.3 Å². The molecule has 2 atom stereocenters. The van der Waals surface area contributed by atoms with Gasteiger partial charge in [-0.25, -0.2) is 4.79 Å². The second kappa shape index (κ2) is 7.75. The van der Waals surface area contributed by atoms with Crippen LogP contribution in [0.5, 0.6) is 11.5 Å². The van der Waals surface area contributed by atoms with Crippen LogP contribution in [-0.2, 0) is 16.0 Å². The topological polar surface area (TPSA) is 70.8 Å². The van der Waals surface area contributed by atoms with Crippen molar-refractivity contribution in [2.24, 2.45) is 5.73 Å². The van der Waals surface area contributed by atoms with E-state index in [4.69, 9.17) is 15.2 Å². The van der Waals surface area contributed by atoms with Crippen molar-refractivity contribution in [3.8, 4) is 11.5 Å². The van der Waals surface area contributed by atoms with Crippen LogP contribution in [0, 0.1) is 0 Å². The second-order valence-corrected chi connectivity index (χ2v) is 4.63. The fourth-order valence-electron chi connectivity index (χ4n) is 1.79. The van der Waals surface area contributed by atoms with Crippen molar-refractivity contribution in [3.63, 3.8) is 0 Å². The molecule has 2 N–H and O–H groups in total. The van der Waals surface area contributed by atoms with Crippen molar-refractivity contribution < 1.29 is 19.0 Å². The van der Waals surface area contributed by atoms with Crippen LogP contribution < -0.4 is 15.2 Å². The van der Waals surface area contributed by atoms with Crippen LogP contribution in [0.25, 0.3) is 0 Å². The van der Waals surface area contributed by atoms with Crippen LogP contribution in [0.15, 0.2) is 18.2 Å². The maximum Gasteiger partial charge on any atom is 0.346 e. The first-order valence-corrected chi connectivity index (χ1v) is 6.68. The summed E-state index contributed by atoms with van der Waals surface area (Å²) >= 11 is 0. The van der Waals surface area contributed by atoms with Gasteiger partial charge in [0.2, 0.25) is 0 Å². The van der Waals surface area contributed by atoms with Gasteiger partial charge in [0, 0.05) is 6.04 Å².